The molecular formula is C49H66O8. The average Bonchev–Trinajstić information content (AvgIpc) is 3.22. The quantitative estimate of drug-likeness (QED) is 0.0556. The van der Waals surface area contributed by atoms with Crippen molar-refractivity contribution >= 4 is 11.9 Å². The van der Waals surface area contributed by atoms with Crippen LogP contribution in [0.5, 0.6) is 5.75 Å². The highest BCUT2D eigenvalue weighted by molar-refractivity contribution is 5.87. The van der Waals surface area contributed by atoms with Gasteiger partial charge in [-0.05, 0) is 140 Å². The number of aliphatic hydroxyl groups is 2. The van der Waals surface area contributed by atoms with E-state index in [-0.39, 0.29) is 33.0 Å². The van der Waals surface area contributed by atoms with E-state index in [0.29, 0.717) is 62.2 Å². The van der Waals surface area contributed by atoms with Gasteiger partial charge in [0, 0.05) is 30.3 Å². The van der Waals surface area contributed by atoms with Crippen molar-refractivity contribution in [1.29, 1.82) is 0 Å². The van der Waals surface area contributed by atoms with Crippen LogP contribution in [-0.2, 0) is 43.1 Å². The zero-order valence-corrected chi connectivity index (χ0v) is 35.1. The summed E-state index contributed by atoms with van der Waals surface area (Å²) in [7, 11) is 1.60. The normalized spacial score (nSPS) is 15.6. The molecule has 3 aromatic carbocycles. The maximum Gasteiger partial charge on any atom is 0.333 e. The van der Waals surface area contributed by atoms with E-state index >= 15 is 0 Å². The van der Waals surface area contributed by atoms with E-state index in [9.17, 15) is 19.8 Å². The van der Waals surface area contributed by atoms with Crippen molar-refractivity contribution < 1.29 is 38.7 Å². The third-order valence-electron chi connectivity index (χ3n) is 11.5. The lowest BCUT2D eigenvalue weighted by Crippen LogP contribution is -2.33. The van der Waals surface area contributed by atoms with Crippen molar-refractivity contribution in [3.63, 3.8) is 0 Å². The maximum atomic E-state index is 12.2. The number of carbonyl (C=O) groups excluding carboxylic acids is 2. The van der Waals surface area contributed by atoms with Gasteiger partial charge in [0.1, 0.15) is 5.75 Å². The summed E-state index contributed by atoms with van der Waals surface area (Å²) in [4.78, 5) is 24.4. The Balaban J connectivity index is 1.70. The van der Waals surface area contributed by atoms with Crippen molar-refractivity contribution in [1.82, 2.24) is 0 Å². The lowest BCUT2D eigenvalue weighted by Gasteiger charge is -2.30. The molecule has 0 atom stereocenters. The second kappa shape index (κ2) is 22.6. The fourth-order valence-electron chi connectivity index (χ4n) is 7.64. The molecule has 0 aromatic heterocycles. The van der Waals surface area contributed by atoms with Crippen LogP contribution in [0.1, 0.15) is 107 Å². The van der Waals surface area contributed by atoms with Gasteiger partial charge in [0.15, 0.2) is 0 Å². The molecular weight excluding hydrogens is 717 g/mol. The van der Waals surface area contributed by atoms with E-state index in [1.54, 1.807) is 21.0 Å². The zero-order valence-electron chi connectivity index (χ0n) is 35.1. The third kappa shape index (κ3) is 13.1. The van der Waals surface area contributed by atoms with E-state index < -0.39 is 17.4 Å². The molecule has 1 fully saturated rings. The number of methoxy groups -OCH3 is 1. The highest BCUT2D eigenvalue weighted by Crippen LogP contribution is 2.39. The van der Waals surface area contributed by atoms with Gasteiger partial charge in [0.25, 0.3) is 0 Å². The molecule has 310 valence electrons. The number of aryl methyl sites for hydroxylation is 3. The van der Waals surface area contributed by atoms with Crippen molar-refractivity contribution in [2.45, 2.75) is 104 Å². The average molecular weight is 783 g/mol. The number of ether oxygens (including phenoxy) is 4. The van der Waals surface area contributed by atoms with Gasteiger partial charge in [-0.2, -0.15) is 0 Å². The first kappa shape index (κ1) is 45.5. The molecule has 0 unspecified atom stereocenters. The summed E-state index contributed by atoms with van der Waals surface area (Å²) in [6.07, 6.45) is 9.16. The van der Waals surface area contributed by atoms with Crippen molar-refractivity contribution in [2.75, 3.05) is 46.8 Å². The molecule has 0 heterocycles. The van der Waals surface area contributed by atoms with Crippen LogP contribution in [0.15, 0.2) is 78.9 Å². The van der Waals surface area contributed by atoms with Gasteiger partial charge in [-0.15, -0.1) is 0 Å². The lowest BCUT2D eigenvalue weighted by atomic mass is 9.79. The fraction of sp³-hybridized carbons (Fsp3) is 0.510. The first-order valence-corrected chi connectivity index (χ1v) is 20.8. The summed E-state index contributed by atoms with van der Waals surface area (Å²) in [5.41, 5.74) is 9.11. The molecule has 0 bridgehead atoms. The predicted molar refractivity (Wildman–Crippen MR) is 228 cm³/mol. The molecule has 1 saturated carbocycles. The number of rotatable bonds is 23. The summed E-state index contributed by atoms with van der Waals surface area (Å²) in [5.74, 6) is 1.36. The molecule has 0 amide bonds. The lowest BCUT2D eigenvalue weighted by molar-refractivity contribution is -0.139. The first-order valence-electron chi connectivity index (χ1n) is 20.8. The molecule has 0 radical (unpaired) electrons. The van der Waals surface area contributed by atoms with Crippen molar-refractivity contribution in [3.05, 3.63) is 101 Å². The Hall–Kier alpha value is -4.24. The minimum absolute atomic E-state index is 0.198. The standard InChI is InChI=1S/C49H66O8/c1-8-37-29-41(40-19-17-39(18-20-40)38-15-13-36(6)14-16-38)21-22-45(37)44-30-42(11-9-25-56-47(52)34(2)3)46(43(31-44)12-10-26-57-48(53)35(4)5)55-28-24-49(32-50,33-51)23-27-54-7/h17-22,29-31,36,38,50-51H,2,4,8-16,23-28,32-33H2,1,3,5-7H3. The van der Waals surface area contributed by atoms with Gasteiger partial charge < -0.3 is 29.2 Å². The second-order valence-electron chi connectivity index (χ2n) is 16.1. The van der Waals surface area contributed by atoms with E-state index in [0.717, 1.165) is 40.3 Å². The number of hydrogen-bond acceptors (Lipinski definition) is 8. The maximum absolute atomic E-state index is 12.2. The Morgan fingerprint density at radius 2 is 1.25 bits per heavy atom. The summed E-state index contributed by atoms with van der Waals surface area (Å²) < 4.78 is 22.8. The van der Waals surface area contributed by atoms with Crippen LogP contribution in [0.3, 0.4) is 0 Å². The second-order valence-corrected chi connectivity index (χ2v) is 16.1. The first-order chi connectivity index (χ1) is 27.4. The van der Waals surface area contributed by atoms with Gasteiger partial charge >= 0.3 is 11.9 Å². The molecule has 0 aliphatic heterocycles. The molecule has 4 rings (SSSR count). The number of esters is 2. The smallest absolute Gasteiger partial charge is 0.333 e. The van der Waals surface area contributed by atoms with Gasteiger partial charge in [-0.25, -0.2) is 9.59 Å². The molecule has 8 heteroatoms. The molecule has 0 spiro atoms. The largest absolute Gasteiger partial charge is 0.493 e. The number of benzene rings is 3. The Morgan fingerprint density at radius 3 is 1.75 bits per heavy atom. The van der Waals surface area contributed by atoms with Crippen molar-refractivity contribution in [2.24, 2.45) is 11.3 Å². The minimum atomic E-state index is -0.754. The number of carbonyl (C=O) groups is 2. The van der Waals surface area contributed by atoms with E-state index in [1.165, 1.54) is 47.9 Å². The van der Waals surface area contributed by atoms with Crippen LogP contribution in [-0.4, -0.2) is 68.9 Å². The van der Waals surface area contributed by atoms with E-state index in [4.69, 9.17) is 18.9 Å². The van der Waals surface area contributed by atoms with Crippen LogP contribution < -0.4 is 4.74 Å². The monoisotopic (exact) mass is 782 g/mol. The summed E-state index contributed by atoms with van der Waals surface area (Å²) >= 11 is 0. The van der Waals surface area contributed by atoms with Gasteiger partial charge in [-0.3, -0.25) is 0 Å². The predicted octanol–water partition coefficient (Wildman–Crippen LogP) is 9.76. The van der Waals surface area contributed by atoms with Gasteiger partial charge in [0.2, 0.25) is 0 Å². The molecule has 3 aromatic rings. The number of aliphatic hydroxyl groups excluding tert-OH is 2. The molecule has 57 heavy (non-hydrogen) atoms. The van der Waals surface area contributed by atoms with Crippen LogP contribution in [0.4, 0.5) is 0 Å². The van der Waals surface area contributed by atoms with E-state index in [1.807, 2.05) is 0 Å². The minimum Gasteiger partial charge on any atom is -0.493 e. The Labute approximate surface area is 341 Å². The van der Waals surface area contributed by atoms with Crippen molar-refractivity contribution in [3.8, 4) is 28.0 Å². The van der Waals surface area contributed by atoms with Crippen LogP contribution in [0.25, 0.3) is 22.3 Å². The van der Waals surface area contributed by atoms with Crippen LogP contribution in [0, 0.1) is 11.3 Å². The summed E-state index contributed by atoms with van der Waals surface area (Å²) in [5, 5.41) is 20.6. The van der Waals surface area contributed by atoms with Crippen LogP contribution >= 0.6 is 0 Å². The molecule has 2 N–H and O–H groups in total. The Morgan fingerprint density at radius 1 is 0.719 bits per heavy atom. The van der Waals surface area contributed by atoms with Gasteiger partial charge in [0.05, 0.1) is 33.0 Å². The Bertz CT molecular complexity index is 1720. The highest BCUT2D eigenvalue weighted by Gasteiger charge is 2.29. The zero-order chi connectivity index (χ0) is 41.4. The molecule has 8 nitrogen and oxygen atoms in total. The molecule has 0 saturated heterocycles. The topological polar surface area (TPSA) is 112 Å². The summed E-state index contributed by atoms with van der Waals surface area (Å²) in [6.45, 7) is 15.9. The third-order valence-corrected chi connectivity index (χ3v) is 11.5. The van der Waals surface area contributed by atoms with Crippen LogP contribution in [0.2, 0.25) is 0 Å². The van der Waals surface area contributed by atoms with E-state index in [2.05, 4.69) is 81.6 Å². The highest BCUT2D eigenvalue weighted by atomic mass is 16.5. The van der Waals surface area contributed by atoms with Gasteiger partial charge in [-0.1, -0.05) is 82.3 Å². The molecule has 1 aliphatic rings. The SMILES string of the molecule is C=C(C)C(=O)OCCCc1cc(-c2ccc(-c3ccc(C4CCC(C)CC4)cc3)cc2CC)cc(CCCOC(=O)C(=C)C)c1OCCC(CO)(CO)CCOC. The Kier molecular flexibility index (Phi) is 18.1. The fourth-order valence-corrected chi connectivity index (χ4v) is 7.64. The summed E-state index contributed by atoms with van der Waals surface area (Å²) in [6, 6.07) is 20.2. The molecule has 1 aliphatic carbocycles. The number of hydrogen-bond donors (Lipinski definition) is 2.